The number of nitrogens with one attached hydrogen (secondary N) is 2. The number of anilines is 1. The van der Waals surface area contributed by atoms with Crippen LogP contribution in [0.5, 0.6) is 0 Å². The van der Waals surface area contributed by atoms with Gasteiger partial charge in [0, 0.05) is 19.0 Å². The third-order valence-electron chi connectivity index (χ3n) is 3.40. The fraction of sp³-hybridized carbons (Fsp3) is 0.529. The molecule has 0 atom stereocenters. The second-order valence-electron chi connectivity index (χ2n) is 5.87. The van der Waals surface area contributed by atoms with E-state index in [2.05, 4.69) is 53.1 Å². The summed E-state index contributed by atoms with van der Waals surface area (Å²) in [6, 6.07) is 0.269. The summed E-state index contributed by atoms with van der Waals surface area (Å²) >= 11 is 1.60. The molecular weight excluding hydrogens is 336 g/mol. The smallest absolute Gasteiger partial charge is 0.220 e. The molecule has 0 bridgehead atoms. The first-order chi connectivity index (χ1) is 12.0. The summed E-state index contributed by atoms with van der Waals surface area (Å²) in [6.45, 7) is 10.9. The average molecular weight is 363 g/mol. The van der Waals surface area contributed by atoms with E-state index in [-0.39, 0.29) is 11.9 Å². The summed E-state index contributed by atoms with van der Waals surface area (Å²) in [7, 11) is 0. The average Bonchev–Trinajstić information content (AvgIpc) is 2.96. The van der Waals surface area contributed by atoms with Crippen LogP contribution >= 0.6 is 11.8 Å². The summed E-state index contributed by atoms with van der Waals surface area (Å²) in [5, 5.41) is 12.3. The number of hydrogen-bond donors (Lipinski definition) is 2. The molecule has 25 heavy (non-hydrogen) atoms. The summed E-state index contributed by atoms with van der Waals surface area (Å²) in [6.07, 6.45) is 4.67. The molecule has 2 aromatic rings. The largest absolute Gasteiger partial charge is 0.367 e. The van der Waals surface area contributed by atoms with Gasteiger partial charge in [0.2, 0.25) is 5.91 Å². The van der Waals surface area contributed by atoms with E-state index >= 15 is 0 Å². The Hall–Kier alpha value is -2.09. The molecule has 0 fully saturated rings. The van der Waals surface area contributed by atoms with Gasteiger partial charge in [-0.2, -0.15) is 5.10 Å². The topological polar surface area (TPSA) is 84.7 Å². The monoisotopic (exact) mass is 362 g/mol. The van der Waals surface area contributed by atoms with Crippen molar-refractivity contribution < 1.29 is 4.79 Å². The Bertz CT molecular complexity index is 727. The molecule has 136 valence electrons. The first-order valence-corrected chi connectivity index (χ1v) is 9.54. The van der Waals surface area contributed by atoms with Crippen molar-refractivity contribution in [3.63, 3.8) is 0 Å². The molecule has 0 saturated carbocycles. The lowest BCUT2D eigenvalue weighted by atomic mass is 10.3. The normalized spacial score (nSPS) is 11.0. The maximum Gasteiger partial charge on any atom is 0.220 e. The van der Waals surface area contributed by atoms with E-state index in [9.17, 15) is 4.79 Å². The maximum atomic E-state index is 11.7. The minimum absolute atomic E-state index is 0.0235. The van der Waals surface area contributed by atoms with Gasteiger partial charge in [-0.3, -0.25) is 4.79 Å². The highest BCUT2D eigenvalue weighted by atomic mass is 32.2. The lowest BCUT2D eigenvalue weighted by molar-refractivity contribution is -0.121. The number of hydrogen-bond acceptors (Lipinski definition) is 6. The van der Waals surface area contributed by atoms with E-state index in [0.29, 0.717) is 25.9 Å². The minimum atomic E-state index is 0.0235. The van der Waals surface area contributed by atoms with E-state index in [1.807, 2.05) is 4.68 Å². The predicted molar refractivity (Wildman–Crippen MR) is 103 cm³/mol. The molecule has 1 amide bonds. The van der Waals surface area contributed by atoms with Crippen molar-refractivity contribution in [1.29, 1.82) is 0 Å². The van der Waals surface area contributed by atoms with Gasteiger partial charge in [0.05, 0.1) is 18.1 Å². The Morgan fingerprint density at radius 3 is 2.92 bits per heavy atom. The summed E-state index contributed by atoms with van der Waals surface area (Å²) < 4.78 is 1.82. The van der Waals surface area contributed by atoms with Gasteiger partial charge in [-0.25, -0.2) is 14.6 Å². The van der Waals surface area contributed by atoms with E-state index in [4.69, 9.17) is 0 Å². The number of nitrogens with zero attached hydrogens (tertiary/aromatic N) is 4. The zero-order valence-electron chi connectivity index (χ0n) is 15.1. The standard InChI is InChI=1S/C17H26N6OS/c1-5-7-8-14(24)18-9-10-23-16-13(11-19-23)15(20-12(3)4)21-17(22-16)25-6-2/h5,11-12H,1,6-10H2,2-4H3,(H,18,24)(H,20,21,22). The number of aromatic nitrogens is 4. The highest BCUT2D eigenvalue weighted by Crippen LogP contribution is 2.24. The van der Waals surface area contributed by atoms with Crippen LogP contribution in [0.3, 0.4) is 0 Å². The zero-order valence-corrected chi connectivity index (χ0v) is 15.9. The van der Waals surface area contributed by atoms with Gasteiger partial charge < -0.3 is 10.6 Å². The molecular formula is C17H26N6OS. The molecule has 2 N–H and O–H groups in total. The molecule has 0 unspecified atom stereocenters. The van der Waals surface area contributed by atoms with E-state index < -0.39 is 0 Å². The van der Waals surface area contributed by atoms with Crippen LogP contribution in [0.1, 0.15) is 33.6 Å². The van der Waals surface area contributed by atoms with Crippen molar-refractivity contribution in [3.8, 4) is 0 Å². The number of rotatable bonds is 10. The Morgan fingerprint density at radius 1 is 1.44 bits per heavy atom. The molecule has 0 saturated heterocycles. The fourth-order valence-corrected chi connectivity index (χ4v) is 2.86. The van der Waals surface area contributed by atoms with Gasteiger partial charge in [0.25, 0.3) is 0 Å². The van der Waals surface area contributed by atoms with Gasteiger partial charge in [-0.15, -0.1) is 6.58 Å². The molecule has 0 radical (unpaired) electrons. The van der Waals surface area contributed by atoms with Gasteiger partial charge in [0.1, 0.15) is 5.82 Å². The van der Waals surface area contributed by atoms with Gasteiger partial charge in [0.15, 0.2) is 10.8 Å². The lowest BCUT2D eigenvalue weighted by Gasteiger charge is -2.11. The minimum Gasteiger partial charge on any atom is -0.367 e. The Kier molecular flexibility index (Phi) is 7.24. The quantitative estimate of drug-likeness (QED) is 0.384. The first kappa shape index (κ1) is 19.2. The third kappa shape index (κ3) is 5.45. The maximum absolute atomic E-state index is 11.7. The van der Waals surface area contributed by atoms with Crippen LogP contribution in [0.15, 0.2) is 24.0 Å². The second kappa shape index (κ2) is 9.41. The van der Waals surface area contributed by atoms with Gasteiger partial charge >= 0.3 is 0 Å². The fourth-order valence-electron chi connectivity index (χ4n) is 2.30. The third-order valence-corrected chi connectivity index (χ3v) is 4.13. The number of allylic oxidation sites excluding steroid dienone is 1. The molecule has 0 spiro atoms. The molecule has 2 aromatic heterocycles. The van der Waals surface area contributed by atoms with Crippen molar-refractivity contribution in [1.82, 2.24) is 25.1 Å². The molecule has 0 aliphatic rings. The van der Waals surface area contributed by atoms with Crippen molar-refractivity contribution in [2.24, 2.45) is 0 Å². The second-order valence-corrected chi connectivity index (χ2v) is 7.10. The molecule has 0 aliphatic heterocycles. The van der Waals surface area contributed by atoms with E-state index in [1.165, 1.54) is 0 Å². The highest BCUT2D eigenvalue weighted by Gasteiger charge is 2.14. The molecule has 8 heteroatoms. The van der Waals surface area contributed by atoms with Gasteiger partial charge in [-0.1, -0.05) is 24.8 Å². The number of fused-ring (bicyclic) bond motifs is 1. The zero-order chi connectivity index (χ0) is 18.2. The van der Waals surface area contributed by atoms with E-state index in [0.717, 1.165) is 27.8 Å². The SMILES string of the molecule is C=CCCC(=O)NCCn1ncc2c(NC(C)C)nc(SCC)nc21. The number of carbonyl (C=O) groups excluding carboxylic acids is 1. The van der Waals surface area contributed by atoms with Crippen molar-refractivity contribution in [3.05, 3.63) is 18.9 Å². The number of thioether (sulfide) groups is 1. The predicted octanol–water partition coefficient (Wildman–Crippen LogP) is 2.84. The molecule has 2 heterocycles. The van der Waals surface area contributed by atoms with Crippen LogP contribution < -0.4 is 10.6 Å². The van der Waals surface area contributed by atoms with Crippen LogP contribution in [0.4, 0.5) is 5.82 Å². The van der Waals surface area contributed by atoms with Crippen LogP contribution in [-0.4, -0.2) is 44.0 Å². The van der Waals surface area contributed by atoms with Gasteiger partial charge in [-0.05, 0) is 26.0 Å². The Balaban J connectivity index is 2.16. The lowest BCUT2D eigenvalue weighted by Crippen LogP contribution is -2.27. The van der Waals surface area contributed by atoms with Crippen molar-refractivity contribution in [2.75, 3.05) is 17.6 Å². The Morgan fingerprint density at radius 2 is 2.24 bits per heavy atom. The first-order valence-electron chi connectivity index (χ1n) is 8.55. The number of carbonyl (C=O) groups is 1. The van der Waals surface area contributed by atoms with Crippen LogP contribution in [0.2, 0.25) is 0 Å². The van der Waals surface area contributed by atoms with E-state index in [1.54, 1.807) is 24.0 Å². The highest BCUT2D eigenvalue weighted by molar-refractivity contribution is 7.99. The molecule has 0 aromatic carbocycles. The summed E-state index contributed by atoms with van der Waals surface area (Å²) in [5.74, 6) is 1.73. The summed E-state index contributed by atoms with van der Waals surface area (Å²) in [5.41, 5.74) is 0.787. The van der Waals surface area contributed by atoms with Crippen LogP contribution in [0, 0.1) is 0 Å². The molecule has 0 aliphatic carbocycles. The van der Waals surface area contributed by atoms with Crippen molar-refractivity contribution in [2.45, 2.75) is 51.4 Å². The Labute approximate surface area is 152 Å². The summed E-state index contributed by atoms with van der Waals surface area (Å²) in [4.78, 5) is 20.9. The van der Waals surface area contributed by atoms with Crippen LogP contribution in [-0.2, 0) is 11.3 Å². The van der Waals surface area contributed by atoms with Crippen LogP contribution in [0.25, 0.3) is 11.0 Å². The van der Waals surface area contributed by atoms with Crippen molar-refractivity contribution >= 4 is 34.5 Å². The molecule has 2 rings (SSSR count). The molecule has 7 nitrogen and oxygen atoms in total. The number of amides is 1.